The van der Waals surface area contributed by atoms with Gasteiger partial charge >= 0.3 is 0 Å². The first kappa shape index (κ1) is 20.4. The molecule has 1 N–H and O–H groups in total. The van der Waals surface area contributed by atoms with Gasteiger partial charge in [0.1, 0.15) is 0 Å². The minimum absolute atomic E-state index is 0. The fraction of sp³-hybridized carbons (Fsp3) is 0.632. The second kappa shape index (κ2) is 7.60. The van der Waals surface area contributed by atoms with Crippen molar-refractivity contribution in [3.8, 4) is 0 Å². The summed E-state index contributed by atoms with van der Waals surface area (Å²) in [7, 11) is -1.38. The van der Waals surface area contributed by atoms with Gasteiger partial charge in [0.25, 0.3) is 5.91 Å². The average Bonchev–Trinajstić information content (AvgIpc) is 2.96. The molecule has 2 bridgehead atoms. The van der Waals surface area contributed by atoms with Crippen molar-refractivity contribution in [3.05, 3.63) is 29.3 Å². The fourth-order valence-corrected chi connectivity index (χ4v) is 5.75. The maximum absolute atomic E-state index is 13.0. The molecule has 27 heavy (non-hydrogen) atoms. The summed E-state index contributed by atoms with van der Waals surface area (Å²) in [5.74, 6) is 0.0376. The highest BCUT2D eigenvalue weighted by atomic mass is 35.5. The number of sulfonamides is 1. The van der Waals surface area contributed by atoms with Gasteiger partial charge in [0.05, 0.1) is 11.9 Å². The lowest BCUT2D eigenvalue weighted by Crippen LogP contribution is -2.48. The summed E-state index contributed by atoms with van der Waals surface area (Å²) < 4.78 is 25.4. The van der Waals surface area contributed by atoms with Crippen LogP contribution in [-0.2, 0) is 16.4 Å². The fourth-order valence-electron chi connectivity index (χ4n) is 4.75. The van der Waals surface area contributed by atoms with Crippen LogP contribution >= 0.6 is 12.4 Å². The number of halogens is 1. The van der Waals surface area contributed by atoms with E-state index < -0.39 is 10.0 Å². The number of hydrogen-bond donors (Lipinski definition) is 1. The maximum Gasteiger partial charge on any atom is 0.253 e. The van der Waals surface area contributed by atoms with Crippen LogP contribution in [0, 0.1) is 0 Å². The van der Waals surface area contributed by atoms with Crippen molar-refractivity contribution >= 4 is 34.0 Å². The maximum atomic E-state index is 13.0. The van der Waals surface area contributed by atoms with E-state index in [1.807, 2.05) is 18.0 Å². The molecule has 6 nitrogen and oxygen atoms in total. The van der Waals surface area contributed by atoms with Gasteiger partial charge in [-0.25, -0.2) is 8.42 Å². The second-order valence-corrected chi connectivity index (χ2v) is 9.87. The van der Waals surface area contributed by atoms with Gasteiger partial charge in [0.2, 0.25) is 10.0 Å². The molecule has 150 valence electrons. The van der Waals surface area contributed by atoms with Crippen molar-refractivity contribution in [2.45, 2.75) is 56.7 Å². The van der Waals surface area contributed by atoms with Gasteiger partial charge in [-0.1, -0.05) is 0 Å². The smallest absolute Gasteiger partial charge is 0.253 e. The zero-order chi connectivity index (χ0) is 18.5. The molecule has 1 aromatic carbocycles. The Morgan fingerprint density at radius 3 is 2.52 bits per heavy atom. The van der Waals surface area contributed by atoms with Crippen LogP contribution in [0.3, 0.4) is 0 Å². The number of carbonyl (C=O) groups is 1. The van der Waals surface area contributed by atoms with Gasteiger partial charge in [0.15, 0.2) is 0 Å². The number of nitrogens with one attached hydrogen (secondary N) is 1. The second-order valence-electron chi connectivity index (χ2n) is 7.96. The molecular weight excluding hydrogens is 386 g/mol. The number of benzene rings is 1. The summed E-state index contributed by atoms with van der Waals surface area (Å²) in [5, 5.41) is 3.61. The van der Waals surface area contributed by atoms with Crippen LogP contribution in [0.15, 0.2) is 18.2 Å². The predicted molar refractivity (Wildman–Crippen MR) is 109 cm³/mol. The number of fused-ring (bicyclic) bond motifs is 3. The third-order valence-corrected chi connectivity index (χ3v) is 7.30. The minimum Gasteiger partial charge on any atom is -0.339 e. The molecule has 3 heterocycles. The lowest BCUT2D eigenvalue weighted by atomic mass is 9.96. The molecule has 3 aliphatic heterocycles. The number of carbonyl (C=O) groups excluding carboxylic acids is 1. The average molecular weight is 414 g/mol. The molecule has 0 spiro atoms. The highest BCUT2D eigenvalue weighted by Gasteiger charge is 2.36. The van der Waals surface area contributed by atoms with E-state index in [0.717, 1.165) is 36.9 Å². The first-order valence-electron chi connectivity index (χ1n) is 9.47. The van der Waals surface area contributed by atoms with E-state index in [1.54, 1.807) is 12.1 Å². The highest BCUT2D eigenvalue weighted by molar-refractivity contribution is 7.92. The quantitative estimate of drug-likeness (QED) is 0.824. The summed E-state index contributed by atoms with van der Waals surface area (Å²) in [5.41, 5.74) is 2.33. The molecule has 2 unspecified atom stereocenters. The van der Waals surface area contributed by atoms with Crippen LogP contribution in [0.25, 0.3) is 0 Å². The van der Waals surface area contributed by atoms with E-state index in [2.05, 4.69) is 5.32 Å². The number of hydrogen-bond acceptors (Lipinski definition) is 4. The number of rotatable bonds is 3. The standard InChI is InChI=1S/C19H27N3O3S.ClH/c1-21(17-11-15-6-7-16(12-17)20-15)19(23)14-5-8-18-13(10-14)4-3-9-22(18)26(2,24)25;/h5,8,10,15-17,20H,3-4,6-7,9,11-12H2,1-2H3;1H. The van der Waals surface area contributed by atoms with Crippen LogP contribution in [0.5, 0.6) is 0 Å². The van der Waals surface area contributed by atoms with Crippen molar-refractivity contribution in [1.82, 2.24) is 10.2 Å². The van der Waals surface area contributed by atoms with Gasteiger partial charge in [0, 0.05) is 37.3 Å². The van der Waals surface area contributed by atoms with E-state index in [-0.39, 0.29) is 24.4 Å². The van der Waals surface area contributed by atoms with Crippen LogP contribution in [0.4, 0.5) is 5.69 Å². The molecule has 0 saturated carbocycles. The Bertz CT molecular complexity index is 817. The Labute approximate surface area is 167 Å². The third kappa shape index (κ3) is 3.96. The molecule has 4 rings (SSSR count). The number of piperidine rings is 1. The Morgan fingerprint density at radius 1 is 1.22 bits per heavy atom. The molecule has 0 radical (unpaired) electrons. The van der Waals surface area contributed by atoms with Crippen molar-refractivity contribution in [3.63, 3.8) is 0 Å². The lowest BCUT2D eigenvalue weighted by molar-refractivity contribution is 0.0681. The van der Waals surface area contributed by atoms with Gasteiger partial charge in [-0.3, -0.25) is 9.10 Å². The highest BCUT2D eigenvalue weighted by Crippen LogP contribution is 2.32. The SMILES string of the molecule is CN(C(=O)c1ccc2c(c1)CCCN2S(C)(=O)=O)C1CC2CCC(C1)N2.Cl. The van der Waals surface area contributed by atoms with Crippen LogP contribution in [-0.4, -0.2) is 57.2 Å². The van der Waals surface area contributed by atoms with Gasteiger partial charge in [-0.05, 0) is 62.3 Å². The summed E-state index contributed by atoms with van der Waals surface area (Å²) in [6.45, 7) is 0.511. The molecular formula is C19H28ClN3O3S. The predicted octanol–water partition coefficient (Wildman–Crippen LogP) is 2.18. The Hall–Kier alpha value is -1.31. The number of anilines is 1. The van der Waals surface area contributed by atoms with Crippen LogP contribution < -0.4 is 9.62 Å². The minimum atomic E-state index is -3.28. The van der Waals surface area contributed by atoms with E-state index in [4.69, 9.17) is 0 Å². The number of amides is 1. The first-order valence-corrected chi connectivity index (χ1v) is 11.3. The van der Waals surface area contributed by atoms with Crippen molar-refractivity contribution in [2.75, 3.05) is 24.2 Å². The number of nitrogens with zero attached hydrogens (tertiary/aromatic N) is 2. The molecule has 0 aromatic heterocycles. The summed E-state index contributed by atoms with van der Waals surface area (Å²) in [6, 6.07) is 6.83. The van der Waals surface area contributed by atoms with Crippen molar-refractivity contribution in [1.29, 1.82) is 0 Å². The van der Waals surface area contributed by atoms with E-state index in [0.29, 0.717) is 24.2 Å². The van der Waals surface area contributed by atoms with Crippen molar-refractivity contribution in [2.24, 2.45) is 0 Å². The molecule has 2 saturated heterocycles. The molecule has 0 aliphatic carbocycles. The summed E-state index contributed by atoms with van der Waals surface area (Å²) >= 11 is 0. The molecule has 1 amide bonds. The van der Waals surface area contributed by atoms with Gasteiger partial charge in [-0.15, -0.1) is 12.4 Å². The zero-order valence-electron chi connectivity index (χ0n) is 15.8. The molecule has 1 aromatic rings. The van der Waals surface area contributed by atoms with Crippen molar-refractivity contribution < 1.29 is 13.2 Å². The van der Waals surface area contributed by atoms with Crippen LogP contribution in [0.2, 0.25) is 0 Å². The molecule has 2 fully saturated rings. The van der Waals surface area contributed by atoms with E-state index in [9.17, 15) is 13.2 Å². The zero-order valence-corrected chi connectivity index (χ0v) is 17.5. The summed E-state index contributed by atoms with van der Waals surface area (Å²) in [6.07, 6.45) is 7.29. The first-order chi connectivity index (χ1) is 12.3. The largest absolute Gasteiger partial charge is 0.339 e. The van der Waals surface area contributed by atoms with Gasteiger partial charge < -0.3 is 10.2 Å². The normalized spacial score (nSPS) is 26.9. The number of aryl methyl sites for hydroxylation is 1. The monoisotopic (exact) mass is 413 g/mol. The van der Waals surface area contributed by atoms with E-state index >= 15 is 0 Å². The van der Waals surface area contributed by atoms with E-state index in [1.165, 1.54) is 23.4 Å². The Kier molecular flexibility index (Phi) is 5.75. The Balaban J connectivity index is 0.00000210. The third-order valence-electron chi connectivity index (χ3n) is 6.12. The molecule has 8 heteroatoms. The lowest BCUT2D eigenvalue weighted by Gasteiger charge is -2.36. The Morgan fingerprint density at radius 2 is 1.89 bits per heavy atom. The topological polar surface area (TPSA) is 69.7 Å². The van der Waals surface area contributed by atoms with Crippen LogP contribution in [0.1, 0.15) is 48.0 Å². The summed E-state index contributed by atoms with van der Waals surface area (Å²) in [4.78, 5) is 14.9. The molecule has 3 aliphatic rings. The van der Waals surface area contributed by atoms with Gasteiger partial charge in [-0.2, -0.15) is 0 Å². The molecule has 2 atom stereocenters.